The Kier molecular flexibility index (Phi) is 3.85. The third-order valence-electron chi connectivity index (χ3n) is 3.02. The van der Waals surface area contributed by atoms with Gasteiger partial charge in [0.1, 0.15) is 0 Å². The Morgan fingerprint density at radius 3 is 2.53 bits per heavy atom. The van der Waals surface area contributed by atoms with E-state index in [2.05, 4.69) is 0 Å². The summed E-state index contributed by atoms with van der Waals surface area (Å²) >= 11 is 0. The predicted octanol–water partition coefficient (Wildman–Crippen LogP) is 1.28. The van der Waals surface area contributed by atoms with Gasteiger partial charge in [-0.15, -0.1) is 0 Å². The van der Waals surface area contributed by atoms with Crippen molar-refractivity contribution in [3.8, 4) is 0 Å². The van der Waals surface area contributed by atoms with Gasteiger partial charge in [-0.1, -0.05) is 30.3 Å². The number of amides is 1. The molecule has 1 aliphatic heterocycles. The number of carboxylic acids is 1. The van der Waals surface area contributed by atoms with Gasteiger partial charge in [0.15, 0.2) is 12.1 Å². The number of rotatable bonds is 5. The van der Waals surface area contributed by atoms with Crippen LogP contribution in [0.1, 0.15) is 19.4 Å². The number of hydrogen-bond acceptors (Lipinski definition) is 3. The van der Waals surface area contributed by atoms with Crippen LogP contribution in [-0.4, -0.2) is 40.1 Å². The normalized spacial score (nSPS) is 22.5. The van der Waals surface area contributed by atoms with E-state index in [4.69, 9.17) is 4.74 Å². The molecule has 1 aromatic rings. The van der Waals surface area contributed by atoms with Crippen molar-refractivity contribution in [3.05, 3.63) is 35.9 Å². The lowest BCUT2D eigenvalue weighted by atomic mass is 9.96. The molecule has 2 rings (SSSR count). The molecule has 0 aromatic heterocycles. The van der Waals surface area contributed by atoms with Crippen molar-refractivity contribution >= 4 is 11.9 Å². The first-order valence-electron chi connectivity index (χ1n) is 6.23. The summed E-state index contributed by atoms with van der Waals surface area (Å²) < 4.78 is 5.37. The number of aliphatic carboxylic acids is 1. The molecule has 1 aromatic carbocycles. The molecular weight excluding hydrogens is 246 g/mol. The standard InChI is InChI=1S/C14H17NO4/c1-9(2)19-12-11(14(17)18)15(13(12)16)8-10-6-4-3-5-7-10/h3-7,9,11-12H,8H2,1-2H3,(H,17,18)/t11-,12-/m1/s1. The Balaban J connectivity index is 2.09. The average Bonchev–Trinajstić information content (AvgIpc) is 2.37. The van der Waals surface area contributed by atoms with E-state index >= 15 is 0 Å². The topological polar surface area (TPSA) is 66.8 Å². The molecule has 102 valence electrons. The molecule has 0 unspecified atom stereocenters. The van der Waals surface area contributed by atoms with E-state index < -0.39 is 18.1 Å². The molecule has 0 radical (unpaired) electrons. The Labute approximate surface area is 111 Å². The van der Waals surface area contributed by atoms with Gasteiger partial charge in [-0.3, -0.25) is 4.79 Å². The number of carboxylic acid groups (broad SMARTS) is 1. The Morgan fingerprint density at radius 2 is 2.00 bits per heavy atom. The van der Waals surface area contributed by atoms with Crippen molar-refractivity contribution in [1.82, 2.24) is 4.90 Å². The van der Waals surface area contributed by atoms with Gasteiger partial charge in [-0.25, -0.2) is 4.79 Å². The minimum Gasteiger partial charge on any atom is -0.480 e. The largest absolute Gasteiger partial charge is 0.480 e. The van der Waals surface area contributed by atoms with E-state index in [1.807, 2.05) is 30.3 Å². The number of β-lactam (4-membered cyclic amide) rings is 1. The Hall–Kier alpha value is -1.88. The van der Waals surface area contributed by atoms with Crippen molar-refractivity contribution in [2.24, 2.45) is 0 Å². The van der Waals surface area contributed by atoms with Crippen molar-refractivity contribution in [1.29, 1.82) is 0 Å². The maximum absolute atomic E-state index is 12.0. The second kappa shape index (κ2) is 5.40. The van der Waals surface area contributed by atoms with E-state index in [0.29, 0.717) is 6.54 Å². The first-order chi connectivity index (χ1) is 9.00. The maximum Gasteiger partial charge on any atom is 0.329 e. The minimum atomic E-state index is -1.03. The third kappa shape index (κ3) is 2.76. The van der Waals surface area contributed by atoms with Crippen LogP contribution in [0.4, 0.5) is 0 Å². The number of likely N-dealkylation sites (tertiary alicyclic amines) is 1. The summed E-state index contributed by atoms with van der Waals surface area (Å²) in [6.45, 7) is 3.87. The maximum atomic E-state index is 12.0. The number of carbonyl (C=O) groups excluding carboxylic acids is 1. The van der Waals surface area contributed by atoms with Gasteiger partial charge in [0.25, 0.3) is 5.91 Å². The molecule has 0 spiro atoms. The fourth-order valence-electron chi connectivity index (χ4n) is 2.16. The lowest BCUT2D eigenvalue weighted by Crippen LogP contribution is -2.68. The molecule has 5 heteroatoms. The van der Waals surface area contributed by atoms with Crippen LogP contribution in [0.2, 0.25) is 0 Å². The third-order valence-corrected chi connectivity index (χ3v) is 3.02. The quantitative estimate of drug-likeness (QED) is 0.812. The van der Waals surface area contributed by atoms with Gasteiger partial charge < -0.3 is 14.7 Å². The molecule has 19 heavy (non-hydrogen) atoms. The molecule has 0 saturated carbocycles. The summed E-state index contributed by atoms with van der Waals surface area (Å²) in [6.07, 6.45) is -1.03. The van der Waals surface area contributed by atoms with E-state index in [0.717, 1.165) is 5.56 Å². The molecule has 1 heterocycles. The van der Waals surface area contributed by atoms with Gasteiger partial charge in [-0.05, 0) is 19.4 Å². The average molecular weight is 263 g/mol. The first kappa shape index (κ1) is 13.5. The number of carbonyl (C=O) groups is 2. The smallest absolute Gasteiger partial charge is 0.329 e. The van der Waals surface area contributed by atoms with Crippen LogP contribution in [0.25, 0.3) is 0 Å². The van der Waals surface area contributed by atoms with Crippen LogP contribution < -0.4 is 0 Å². The highest BCUT2D eigenvalue weighted by molar-refractivity contribution is 5.98. The molecule has 0 bridgehead atoms. The molecule has 1 amide bonds. The highest BCUT2D eigenvalue weighted by atomic mass is 16.5. The van der Waals surface area contributed by atoms with Crippen LogP contribution in [0.3, 0.4) is 0 Å². The number of nitrogens with zero attached hydrogens (tertiary/aromatic N) is 1. The van der Waals surface area contributed by atoms with Gasteiger partial charge >= 0.3 is 5.97 Å². The van der Waals surface area contributed by atoms with Crippen molar-refractivity contribution in [2.75, 3.05) is 0 Å². The molecule has 2 atom stereocenters. The number of hydrogen-bond donors (Lipinski definition) is 1. The van der Waals surface area contributed by atoms with Crippen molar-refractivity contribution in [3.63, 3.8) is 0 Å². The zero-order valence-electron chi connectivity index (χ0n) is 10.9. The van der Waals surface area contributed by atoms with Crippen LogP contribution in [0.5, 0.6) is 0 Å². The van der Waals surface area contributed by atoms with Crippen LogP contribution in [0, 0.1) is 0 Å². The Bertz CT molecular complexity index is 472. The summed E-state index contributed by atoms with van der Waals surface area (Å²) in [5.74, 6) is -1.29. The van der Waals surface area contributed by atoms with Gasteiger partial charge in [0.05, 0.1) is 6.10 Å². The number of ether oxygens (including phenoxy) is 1. The summed E-state index contributed by atoms with van der Waals surface area (Å²) in [7, 11) is 0. The second-order valence-corrected chi connectivity index (χ2v) is 4.84. The highest BCUT2D eigenvalue weighted by Gasteiger charge is 2.52. The molecule has 1 N–H and O–H groups in total. The molecule has 1 fully saturated rings. The van der Waals surface area contributed by atoms with Crippen molar-refractivity contribution < 1.29 is 19.4 Å². The van der Waals surface area contributed by atoms with E-state index in [9.17, 15) is 14.7 Å². The van der Waals surface area contributed by atoms with Crippen LogP contribution in [0.15, 0.2) is 30.3 Å². The van der Waals surface area contributed by atoms with Gasteiger partial charge in [0.2, 0.25) is 0 Å². The van der Waals surface area contributed by atoms with Crippen molar-refractivity contribution in [2.45, 2.75) is 38.6 Å². The predicted molar refractivity (Wildman–Crippen MR) is 68.4 cm³/mol. The Morgan fingerprint density at radius 1 is 1.37 bits per heavy atom. The highest BCUT2D eigenvalue weighted by Crippen LogP contribution is 2.26. The van der Waals surface area contributed by atoms with Crippen LogP contribution >= 0.6 is 0 Å². The lowest BCUT2D eigenvalue weighted by molar-refractivity contribution is -0.190. The van der Waals surface area contributed by atoms with Gasteiger partial charge in [-0.2, -0.15) is 0 Å². The number of benzene rings is 1. The minimum absolute atomic E-state index is 0.172. The fraction of sp³-hybridized carbons (Fsp3) is 0.429. The van der Waals surface area contributed by atoms with E-state index in [1.54, 1.807) is 13.8 Å². The molecule has 1 saturated heterocycles. The summed E-state index contributed by atoms with van der Waals surface area (Å²) in [6, 6.07) is 8.43. The van der Waals surface area contributed by atoms with Gasteiger partial charge in [0, 0.05) is 6.54 Å². The van der Waals surface area contributed by atoms with Crippen LogP contribution in [-0.2, 0) is 20.9 Å². The zero-order chi connectivity index (χ0) is 14.0. The molecule has 5 nitrogen and oxygen atoms in total. The summed E-state index contributed by atoms with van der Waals surface area (Å²) in [5, 5.41) is 9.21. The summed E-state index contributed by atoms with van der Waals surface area (Å²) in [4.78, 5) is 24.5. The molecule has 1 aliphatic rings. The zero-order valence-corrected chi connectivity index (χ0v) is 10.9. The molecule has 0 aliphatic carbocycles. The second-order valence-electron chi connectivity index (χ2n) is 4.84. The SMILES string of the molecule is CC(C)O[C@H]1C(=O)N(Cc2ccccc2)[C@H]1C(=O)O. The fourth-order valence-corrected chi connectivity index (χ4v) is 2.16. The first-order valence-corrected chi connectivity index (χ1v) is 6.23. The van der Waals surface area contributed by atoms with E-state index in [-0.39, 0.29) is 12.0 Å². The summed E-state index contributed by atoms with van der Waals surface area (Å²) in [5.41, 5.74) is 0.907. The monoisotopic (exact) mass is 263 g/mol. The van der Waals surface area contributed by atoms with E-state index in [1.165, 1.54) is 4.90 Å². The molecular formula is C14H17NO4. The lowest BCUT2D eigenvalue weighted by Gasteiger charge is -2.44.